The van der Waals surface area contributed by atoms with Crippen molar-refractivity contribution in [3.05, 3.63) is 60.6 Å². The van der Waals surface area contributed by atoms with E-state index in [0.29, 0.717) is 0 Å². The van der Waals surface area contributed by atoms with Gasteiger partial charge in [-0.1, -0.05) is 33.6 Å². The lowest BCUT2D eigenvalue weighted by Gasteiger charge is -2.11. The van der Waals surface area contributed by atoms with Crippen LogP contribution in [0.4, 0.5) is 5.69 Å². The van der Waals surface area contributed by atoms with Gasteiger partial charge in [-0.05, 0) is 71.0 Å². The summed E-state index contributed by atoms with van der Waals surface area (Å²) in [6.07, 6.45) is 0. The molecule has 0 amide bonds. The van der Waals surface area contributed by atoms with Crippen LogP contribution in [-0.4, -0.2) is 0 Å². The number of halogens is 3. The van der Waals surface area contributed by atoms with Gasteiger partial charge in [0.05, 0.1) is 0 Å². The van der Waals surface area contributed by atoms with Crippen molar-refractivity contribution in [3.8, 4) is 0 Å². The topological polar surface area (TPSA) is 12.0 Å². The van der Waals surface area contributed by atoms with Crippen LogP contribution < -0.4 is 5.32 Å². The summed E-state index contributed by atoms with van der Waals surface area (Å²) in [5.74, 6) is 0. The van der Waals surface area contributed by atoms with Crippen molar-refractivity contribution >= 4 is 55.8 Å². The Hall–Kier alpha value is -0.260. The quantitative estimate of drug-likeness (QED) is 0.615. The minimum atomic E-state index is 0.730. The maximum absolute atomic E-state index is 6.19. The van der Waals surface area contributed by atoms with Crippen molar-refractivity contribution in [3.63, 3.8) is 0 Å². The molecule has 0 atom stereocenters. The summed E-state index contributed by atoms with van der Waals surface area (Å²) < 4.78 is 2.25. The van der Waals surface area contributed by atoms with E-state index in [-0.39, 0.29) is 0 Å². The minimum absolute atomic E-state index is 0.730. The Kier molecular flexibility index (Phi) is 4.92. The molecule has 0 aromatic heterocycles. The van der Waals surface area contributed by atoms with Crippen molar-refractivity contribution < 1.29 is 0 Å². The normalized spacial score (nSPS) is 10.4. The van der Waals surface area contributed by atoms with Gasteiger partial charge in [-0.2, -0.15) is 0 Å². The van der Waals surface area contributed by atoms with Gasteiger partial charge in [0.15, 0.2) is 0 Å². The zero-order valence-corrected chi connectivity index (χ0v) is 14.3. The first kappa shape index (κ1) is 14.2. The van der Waals surface area contributed by atoms with Crippen LogP contribution in [0.15, 0.2) is 40.9 Å². The van der Waals surface area contributed by atoms with E-state index in [2.05, 4.69) is 69.0 Å². The van der Waals surface area contributed by atoms with E-state index in [0.717, 1.165) is 27.3 Å². The monoisotopic (exact) mass is 435 g/mol. The molecule has 2 rings (SSSR count). The number of aryl methyl sites for hydroxylation is 1. The molecule has 4 heteroatoms. The maximum atomic E-state index is 6.19. The zero-order valence-electron chi connectivity index (χ0n) is 9.81. The first-order chi connectivity index (χ1) is 8.56. The van der Waals surface area contributed by atoms with E-state index in [1.54, 1.807) is 0 Å². The fraction of sp³-hybridized carbons (Fsp3) is 0.143. The van der Waals surface area contributed by atoms with Crippen molar-refractivity contribution in [1.82, 2.24) is 0 Å². The highest BCUT2D eigenvalue weighted by Gasteiger charge is 2.03. The molecule has 0 aliphatic rings. The number of nitrogens with one attached hydrogen (secondary N) is 1. The summed E-state index contributed by atoms with van der Waals surface area (Å²) in [4.78, 5) is 0. The van der Waals surface area contributed by atoms with Crippen molar-refractivity contribution in [1.29, 1.82) is 0 Å². The smallest absolute Gasteiger partial charge is 0.0467 e. The second-order valence-electron chi connectivity index (χ2n) is 4.05. The van der Waals surface area contributed by atoms with E-state index >= 15 is 0 Å². The number of anilines is 1. The summed E-state index contributed by atoms with van der Waals surface area (Å²) in [6.45, 7) is 2.83. The number of hydrogen-bond acceptors (Lipinski definition) is 1. The summed E-state index contributed by atoms with van der Waals surface area (Å²) in [5, 5.41) is 4.19. The highest BCUT2D eigenvalue weighted by atomic mass is 127. The van der Waals surface area contributed by atoms with Gasteiger partial charge in [-0.25, -0.2) is 0 Å². The van der Waals surface area contributed by atoms with Crippen LogP contribution >= 0.6 is 50.1 Å². The van der Waals surface area contributed by atoms with Crippen LogP contribution in [0, 0.1) is 10.5 Å². The van der Waals surface area contributed by atoms with Gasteiger partial charge in [0.1, 0.15) is 0 Å². The molecule has 1 nitrogen and oxygen atoms in total. The number of hydrogen-bond donors (Lipinski definition) is 1. The average Bonchev–Trinajstić information content (AvgIpc) is 2.30. The molecule has 0 aliphatic carbocycles. The predicted octanol–water partition coefficient (Wildman–Crippen LogP) is 5.63. The fourth-order valence-electron chi connectivity index (χ4n) is 1.68. The molecule has 1 N–H and O–H groups in total. The molecule has 18 heavy (non-hydrogen) atoms. The third-order valence-corrected chi connectivity index (χ3v) is 4.19. The third kappa shape index (κ3) is 3.62. The van der Waals surface area contributed by atoms with Gasteiger partial charge in [0.2, 0.25) is 0 Å². The number of rotatable bonds is 3. The summed E-state index contributed by atoms with van der Waals surface area (Å²) in [5.41, 5.74) is 3.49. The molecular formula is C14H12BrClIN. The zero-order chi connectivity index (χ0) is 13.1. The molecule has 0 heterocycles. The Morgan fingerprint density at radius 3 is 2.67 bits per heavy atom. The van der Waals surface area contributed by atoms with Gasteiger partial charge in [0, 0.05) is 25.3 Å². The average molecular weight is 437 g/mol. The Morgan fingerprint density at radius 1 is 1.22 bits per heavy atom. The first-order valence-corrected chi connectivity index (χ1v) is 7.75. The molecule has 0 unspecified atom stereocenters. The molecule has 0 spiro atoms. The van der Waals surface area contributed by atoms with Crippen LogP contribution in [0.5, 0.6) is 0 Å². The second kappa shape index (κ2) is 6.26. The van der Waals surface area contributed by atoms with E-state index in [9.17, 15) is 0 Å². The highest BCUT2D eigenvalue weighted by molar-refractivity contribution is 14.1. The molecule has 0 saturated heterocycles. The van der Waals surface area contributed by atoms with E-state index in [1.807, 2.05) is 18.2 Å². The molecule has 94 valence electrons. The van der Waals surface area contributed by atoms with Crippen molar-refractivity contribution in [2.24, 2.45) is 0 Å². The summed E-state index contributed by atoms with van der Waals surface area (Å²) >= 11 is 11.9. The number of benzene rings is 2. The fourth-order valence-corrected chi connectivity index (χ4v) is 3.07. The Labute approximate surface area is 134 Å². The largest absolute Gasteiger partial charge is 0.381 e. The minimum Gasteiger partial charge on any atom is -0.381 e. The highest BCUT2D eigenvalue weighted by Crippen LogP contribution is 2.23. The van der Waals surface area contributed by atoms with E-state index < -0.39 is 0 Å². The van der Waals surface area contributed by atoms with Gasteiger partial charge < -0.3 is 5.32 Å². The molecule has 0 saturated carbocycles. The lowest BCUT2D eigenvalue weighted by atomic mass is 10.2. The summed E-state index contributed by atoms with van der Waals surface area (Å²) in [6, 6.07) is 12.3. The van der Waals surface area contributed by atoms with Crippen molar-refractivity contribution in [2.45, 2.75) is 13.5 Å². The van der Waals surface area contributed by atoms with Gasteiger partial charge >= 0.3 is 0 Å². The first-order valence-electron chi connectivity index (χ1n) is 5.50. The molecular weight excluding hydrogens is 424 g/mol. The SMILES string of the molecule is Cc1cc(I)ccc1NCc1ccc(Br)cc1Cl. The molecule has 0 bridgehead atoms. The van der Waals surface area contributed by atoms with Crippen molar-refractivity contribution in [2.75, 3.05) is 5.32 Å². The summed E-state index contributed by atoms with van der Waals surface area (Å²) in [7, 11) is 0. The van der Waals surface area contributed by atoms with E-state index in [4.69, 9.17) is 11.6 Å². The molecule has 0 radical (unpaired) electrons. The van der Waals surface area contributed by atoms with Gasteiger partial charge in [-0.3, -0.25) is 0 Å². The predicted molar refractivity (Wildman–Crippen MR) is 90.4 cm³/mol. The van der Waals surface area contributed by atoms with Crippen LogP contribution in [0.3, 0.4) is 0 Å². The van der Waals surface area contributed by atoms with Crippen LogP contribution in [0.25, 0.3) is 0 Å². The lowest BCUT2D eigenvalue weighted by Crippen LogP contribution is -2.01. The van der Waals surface area contributed by atoms with Crippen LogP contribution in [0.1, 0.15) is 11.1 Å². The molecule has 2 aromatic carbocycles. The standard InChI is InChI=1S/C14H12BrClIN/c1-9-6-12(17)4-5-14(9)18-8-10-2-3-11(15)7-13(10)16/h2-7,18H,8H2,1H3. The lowest BCUT2D eigenvalue weighted by molar-refractivity contribution is 1.14. The van der Waals surface area contributed by atoms with Gasteiger partial charge in [0.25, 0.3) is 0 Å². The Bertz CT molecular complexity index is 520. The second-order valence-corrected chi connectivity index (χ2v) is 6.62. The van der Waals surface area contributed by atoms with Gasteiger partial charge in [-0.15, -0.1) is 0 Å². The molecule has 2 aromatic rings. The Balaban J connectivity index is 2.11. The third-order valence-electron chi connectivity index (χ3n) is 2.67. The van der Waals surface area contributed by atoms with Crippen LogP contribution in [-0.2, 0) is 6.54 Å². The Morgan fingerprint density at radius 2 is 2.00 bits per heavy atom. The maximum Gasteiger partial charge on any atom is 0.0467 e. The molecule has 0 fully saturated rings. The van der Waals surface area contributed by atoms with E-state index in [1.165, 1.54) is 9.13 Å². The van der Waals surface area contributed by atoms with Crippen LogP contribution in [0.2, 0.25) is 5.02 Å². The molecule has 0 aliphatic heterocycles.